The van der Waals surface area contributed by atoms with E-state index in [1.807, 2.05) is 6.92 Å². The molecule has 2 bridgehead atoms. The van der Waals surface area contributed by atoms with Gasteiger partial charge in [0.1, 0.15) is 5.78 Å². The molecule has 3 saturated carbocycles. The highest BCUT2D eigenvalue weighted by molar-refractivity contribution is 5.87. The molecular formula is C15H24O3. The van der Waals surface area contributed by atoms with Crippen molar-refractivity contribution in [2.24, 2.45) is 22.2 Å². The number of rotatable bonds is 0. The number of hydrogen-bond donors (Lipinski definition) is 2. The Hall–Kier alpha value is -0.410. The summed E-state index contributed by atoms with van der Waals surface area (Å²) in [5, 5.41) is 20.5. The van der Waals surface area contributed by atoms with E-state index in [1.54, 1.807) is 0 Å². The molecule has 3 fully saturated rings. The average Bonchev–Trinajstić information content (AvgIpc) is 2.45. The maximum Gasteiger partial charge on any atom is 0.141 e. The Balaban J connectivity index is 2.05. The fourth-order valence-corrected chi connectivity index (χ4v) is 5.15. The Morgan fingerprint density at radius 2 is 1.83 bits per heavy atom. The highest BCUT2D eigenvalue weighted by Gasteiger charge is 2.66. The Morgan fingerprint density at radius 3 is 2.50 bits per heavy atom. The Kier molecular flexibility index (Phi) is 2.36. The van der Waals surface area contributed by atoms with Crippen LogP contribution in [0.5, 0.6) is 0 Å². The number of hydrogen-bond acceptors (Lipinski definition) is 3. The third-order valence-electron chi connectivity index (χ3n) is 6.49. The topological polar surface area (TPSA) is 57.5 Å². The molecule has 3 aliphatic rings. The minimum atomic E-state index is -0.561. The molecule has 0 aromatic carbocycles. The first-order valence-electron chi connectivity index (χ1n) is 7.12. The molecule has 0 aromatic rings. The molecule has 0 radical (unpaired) electrons. The van der Waals surface area contributed by atoms with Crippen molar-refractivity contribution in [2.75, 3.05) is 0 Å². The zero-order chi connectivity index (χ0) is 13.3. The van der Waals surface area contributed by atoms with Crippen molar-refractivity contribution in [2.45, 2.75) is 65.1 Å². The second kappa shape index (κ2) is 3.37. The summed E-state index contributed by atoms with van der Waals surface area (Å²) in [6.45, 7) is 6.12. The first-order chi connectivity index (χ1) is 8.22. The fraction of sp³-hybridized carbons (Fsp3) is 0.933. The Morgan fingerprint density at radius 1 is 1.17 bits per heavy atom. The quantitative estimate of drug-likeness (QED) is 0.692. The highest BCUT2D eigenvalue weighted by atomic mass is 16.3. The molecule has 5 atom stereocenters. The summed E-state index contributed by atoms with van der Waals surface area (Å²) < 4.78 is 0. The lowest BCUT2D eigenvalue weighted by molar-refractivity contribution is -0.160. The summed E-state index contributed by atoms with van der Waals surface area (Å²) in [7, 11) is 0. The fourth-order valence-electron chi connectivity index (χ4n) is 5.15. The van der Waals surface area contributed by atoms with Gasteiger partial charge in [-0.15, -0.1) is 0 Å². The van der Waals surface area contributed by atoms with Gasteiger partial charge in [-0.1, -0.05) is 20.8 Å². The summed E-state index contributed by atoms with van der Waals surface area (Å²) in [5.74, 6) is 0.491. The molecule has 3 nitrogen and oxygen atoms in total. The third-order valence-corrected chi connectivity index (χ3v) is 6.49. The number of aliphatic hydroxyl groups is 2. The van der Waals surface area contributed by atoms with Crippen LogP contribution < -0.4 is 0 Å². The van der Waals surface area contributed by atoms with E-state index in [-0.39, 0.29) is 28.6 Å². The maximum absolute atomic E-state index is 12.4. The van der Waals surface area contributed by atoms with Crippen molar-refractivity contribution >= 4 is 5.78 Å². The molecule has 0 amide bonds. The van der Waals surface area contributed by atoms with Crippen LogP contribution >= 0.6 is 0 Å². The smallest absolute Gasteiger partial charge is 0.141 e. The van der Waals surface area contributed by atoms with Gasteiger partial charge in [-0.3, -0.25) is 4.79 Å². The van der Waals surface area contributed by atoms with Crippen LogP contribution in [0.15, 0.2) is 0 Å². The number of aliphatic hydroxyl groups excluding tert-OH is 2. The van der Waals surface area contributed by atoms with E-state index in [1.165, 1.54) is 0 Å². The van der Waals surface area contributed by atoms with Gasteiger partial charge in [0.05, 0.1) is 17.6 Å². The normalized spacial score (nSPS) is 54.3. The summed E-state index contributed by atoms with van der Waals surface area (Å²) in [5.41, 5.74) is -0.640. The number of ketones is 1. The van der Waals surface area contributed by atoms with Crippen molar-refractivity contribution in [1.29, 1.82) is 0 Å². The minimum Gasteiger partial charge on any atom is -0.393 e. The van der Waals surface area contributed by atoms with Crippen LogP contribution in [0.3, 0.4) is 0 Å². The number of carbonyl (C=O) groups is 1. The number of Topliss-reactive ketones (excluding diaryl/α,β-unsaturated/α-hetero) is 1. The molecular weight excluding hydrogens is 228 g/mol. The predicted molar refractivity (Wildman–Crippen MR) is 67.9 cm³/mol. The molecule has 0 saturated heterocycles. The zero-order valence-electron chi connectivity index (χ0n) is 11.6. The van der Waals surface area contributed by atoms with Crippen LogP contribution in [0.25, 0.3) is 0 Å². The number of carbonyl (C=O) groups excluding carboxylic acids is 1. The van der Waals surface area contributed by atoms with Crippen molar-refractivity contribution in [3.8, 4) is 0 Å². The van der Waals surface area contributed by atoms with E-state index in [4.69, 9.17) is 0 Å². The molecule has 0 aromatic heterocycles. The lowest BCUT2D eigenvalue weighted by atomic mass is 9.49. The van der Waals surface area contributed by atoms with Gasteiger partial charge in [0.2, 0.25) is 0 Å². The summed E-state index contributed by atoms with van der Waals surface area (Å²) in [6.07, 6.45) is 2.98. The van der Waals surface area contributed by atoms with Crippen LogP contribution in [-0.2, 0) is 4.79 Å². The van der Waals surface area contributed by atoms with Gasteiger partial charge < -0.3 is 10.2 Å². The third kappa shape index (κ3) is 1.30. The minimum absolute atomic E-state index is 0.0881. The molecule has 3 aliphatic carbocycles. The summed E-state index contributed by atoms with van der Waals surface area (Å²) >= 11 is 0. The largest absolute Gasteiger partial charge is 0.393 e. The van der Waals surface area contributed by atoms with E-state index >= 15 is 0 Å². The van der Waals surface area contributed by atoms with Gasteiger partial charge >= 0.3 is 0 Å². The molecule has 18 heavy (non-hydrogen) atoms. The highest BCUT2D eigenvalue weighted by Crippen LogP contribution is 2.67. The summed E-state index contributed by atoms with van der Waals surface area (Å²) in [4.78, 5) is 12.4. The van der Waals surface area contributed by atoms with Gasteiger partial charge in [-0.2, -0.15) is 0 Å². The number of fused-ring (bicyclic) bond motifs is 1. The standard InChI is InChI=1S/C15H24O3/c1-13(2)9-6-11(17)14(3)8-15(9,7-12(13)18)5-4-10(14)16/h9-10,12,16,18H,4-8H2,1-3H3/t9-,10?,12+,14+,15-/m1/s1. The van der Waals surface area contributed by atoms with Crippen LogP contribution in [-0.4, -0.2) is 28.2 Å². The van der Waals surface area contributed by atoms with Gasteiger partial charge in [0.15, 0.2) is 0 Å². The lowest BCUT2D eigenvalue weighted by Gasteiger charge is -2.55. The molecule has 0 heterocycles. The molecule has 2 N–H and O–H groups in total. The second-order valence-electron chi connectivity index (χ2n) is 7.73. The molecule has 1 unspecified atom stereocenters. The van der Waals surface area contributed by atoms with Gasteiger partial charge in [-0.05, 0) is 42.4 Å². The van der Waals surface area contributed by atoms with Crippen LogP contribution in [0.4, 0.5) is 0 Å². The first kappa shape index (κ1) is 12.6. The van der Waals surface area contributed by atoms with Crippen molar-refractivity contribution in [3.63, 3.8) is 0 Å². The van der Waals surface area contributed by atoms with Gasteiger partial charge in [0.25, 0.3) is 0 Å². The second-order valence-corrected chi connectivity index (χ2v) is 7.73. The zero-order valence-corrected chi connectivity index (χ0v) is 11.6. The van der Waals surface area contributed by atoms with E-state index < -0.39 is 11.5 Å². The molecule has 0 aliphatic heterocycles. The molecule has 3 rings (SSSR count). The first-order valence-corrected chi connectivity index (χ1v) is 7.12. The monoisotopic (exact) mass is 252 g/mol. The van der Waals surface area contributed by atoms with Crippen LogP contribution in [0, 0.1) is 22.2 Å². The SMILES string of the molecule is CC1(C)[C@H]2CC(=O)[C@@]3(C)C[C@@]2(CCC3O)C[C@@H]1O. The Bertz CT molecular complexity index is 403. The Labute approximate surface area is 109 Å². The molecule has 1 spiro atoms. The van der Waals surface area contributed by atoms with Crippen LogP contribution in [0.1, 0.15) is 52.9 Å². The van der Waals surface area contributed by atoms with E-state index in [0.29, 0.717) is 12.8 Å². The van der Waals surface area contributed by atoms with E-state index in [9.17, 15) is 15.0 Å². The van der Waals surface area contributed by atoms with E-state index in [2.05, 4.69) is 13.8 Å². The predicted octanol–water partition coefficient (Wildman–Crippen LogP) is 1.90. The molecule has 3 heteroatoms. The average molecular weight is 252 g/mol. The summed E-state index contributed by atoms with van der Waals surface area (Å²) in [6, 6.07) is 0. The van der Waals surface area contributed by atoms with Gasteiger partial charge in [-0.25, -0.2) is 0 Å². The van der Waals surface area contributed by atoms with Crippen LogP contribution in [0.2, 0.25) is 0 Å². The molecule has 102 valence electrons. The lowest BCUT2D eigenvalue weighted by Crippen LogP contribution is -2.56. The van der Waals surface area contributed by atoms with Crippen molar-refractivity contribution in [1.82, 2.24) is 0 Å². The van der Waals surface area contributed by atoms with Crippen molar-refractivity contribution < 1.29 is 15.0 Å². The van der Waals surface area contributed by atoms with Crippen molar-refractivity contribution in [3.05, 3.63) is 0 Å². The van der Waals surface area contributed by atoms with E-state index in [0.717, 1.165) is 19.3 Å². The maximum atomic E-state index is 12.4. The van der Waals surface area contributed by atoms with Gasteiger partial charge in [0, 0.05) is 6.42 Å².